The minimum absolute atomic E-state index is 0.748. The third-order valence-corrected chi connectivity index (χ3v) is 3.08. The van der Waals surface area contributed by atoms with E-state index in [-0.39, 0.29) is 0 Å². The predicted octanol–water partition coefficient (Wildman–Crippen LogP) is 5.44. The van der Waals surface area contributed by atoms with Gasteiger partial charge in [-0.3, -0.25) is 0 Å². The summed E-state index contributed by atoms with van der Waals surface area (Å²) < 4.78 is 0. The minimum Gasteiger partial charge on any atom is -0.303 e. The Morgan fingerprint density at radius 3 is 1.65 bits per heavy atom. The maximum Gasteiger partial charge on any atom is 0.119 e. The second-order valence-corrected chi connectivity index (χ2v) is 4.83. The average Bonchev–Trinajstić information content (AvgIpc) is 2.35. The minimum atomic E-state index is 0.748. The summed E-state index contributed by atoms with van der Waals surface area (Å²) in [6.45, 7) is 2.25. The van der Waals surface area contributed by atoms with E-state index in [1.54, 1.807) is 0 Å². The fourth-order valence-corrected chi connectivity index (χ4v) is 1.94. The van der Waals surface area contributed by atoms with Gasteiger partial charge in [0.25, 0.3) is 0 Å². The summed E-state index contributed by atoms with van der Waals surface area (Å²) in [6.07, 6.45) is 20.6. The molecule has 0 saturated heterocycles. The summed E-state index contributed by atoms with van der Waals surface area (Å²) in [5.41, 5.74) is 0. The van der Waals surface area contributed by atoms with E-state index < -0.39 is 0 Å². The van der Waals surface area contributed by atoms with Crippen molar-refractivity contribution in [2.24, 2.45) is 0 Å². The molecule has 0 fully saturated rings. The maximum absolute atomic E-state index is 10.1. The Hall–Kier alpha value is -0.590. The smallest absolute Gasteiger partial charge is 0.119 e. The van der Waals surface area contributed by atoms with Gasteiger partial charge in [0, 0.05) is 6.42 Å². The van der Waals surface area contributed by atoms with Crippen molar-refractivity contribution in [2.75, 3.05) is 0 Å². The Morgan fingerprint density at radius 1 is 0.647 bits per heavy atom. The summed E-state index contributed by atoms with van der Waals surface area (Å²) in [5.74, 6) is 0. The van der Waals surface area contributed by atoms with Crippen molar-refractivity contribution in [2.45, 2.75) is 84.0 Å². The van der Waals surface area contributed by atoms with Gasteiger partial charge in [-0.15, -0.1) is 0 Å². The molecule has 0 aromatic heterocycles. The third kappa shape index (κ3) is 15.4. The van der Waals surface area contributed by atoms with E-state index in [1.807, 2.05) is 0 Å². The van der Waals surface area contributed by atoms with Crippen LogP contribution in [0.3, 0.4) is 0 Å². The number of hydrogen-bond donors (Lipinski definition) is 0. The van der Waals surface area contributed by atoms with E-state index in [2.05, 4.69) is 19.1 Å². The molecule has 0 atom stereocenters. The van der Waals surface area contributed by atoms with Crippen LogP contribution in [-0.2, 0) is 4.79 Å². The largest absolute Gasteiger partial charge is 0.303 e. The average molecular weight is 238 g/mol. The van der Waals surface area contributed by atoms with Crippen molar-refractivity contribution in [1.82, 2.24) is 0 Å². The number of rotatable bonds is 13. The predicted molar refractivity (Wildman–Crippen MR) is 76.3 cm³/mol. The zero-order valence-corrected chi connectivity index (χ0v) is 11.6. The Balaban J connectivity index is 3.01. The number of carbonyl (C=O) groups is 1. The number of aldehydes is 1. The van der Waals surface area contributed by atoms with Gasteiger partial charge < -0.3 is 4.79 Å². The quantitative estimate of drug-likeness (QED) is 0.237. The summed E-state index contributed by atoms with van der Waals surface area (Å²) in [7, 11) is 0. The van der Waals surface area contributed by atoms with Gasteiger partial charge in [0.05, 0.1) is 0 Å². The highest BCUT2D eigenvalue weighted by Gasteiger charge is 1.89. The van der Waals surface area contributed by atoms with Crippen molar-refractivity contribution < 1.29 is 4.79 Å². The van der Waals surface area contributed by atoms with Crippen LogP contribution in [0.2, 0.25) is 0 Å². The van der Waals surface area contributed by atoms with Crippen molar-refractivity contribution in [1.29, 1.82) is 0 Å². The molecule has 0 bridgehead atoms. The normalized spacial score (nSPS) is 11.1. The van der Waals surface area contributed by atoms with Crippen molar-refractivity contribution in [3.63, 3.8) is 0 Å². The summed E-state index contributed by atoms with van der Waals surface area (Å²) >= 11 is 0. The molecule has 0 aliphatic rings. The fourth-order valence-electron chi connectivity index (χ4n) is 1.94. The lowest BCUT2D eigenvalue weighted by Crippen LogP contribution is -1.80. The topological polar surface area (TPSA) is 17.1 Å². The van der Waals surface area contributed by atoms with Crippen molar-refractivity contribution in [3.05, 3.63) is 12.2 Å². The lowest BCUT2D eigenvalue weighted by Gasteiger charge is -1.97. The van der Waals surface area contributed by atoms with Crippen LogP contribution in [0.4, 0.5) is 0 Å². The molecular formula is C16H30O. The zero-order valence-electron chi connectivity index (χ0n) is 11.6. The van der Waals surface area contributed by atoms with Gasteiger partial charge in [-0.2, -0.15) is 0 Å². The van der Waals surface area contributed by atoms with Gasteiger partial charge in [-0.1, -0.05) is 57.6 Å². The van der Waals surface area contributed by atoms with Crippen LogP contribution in [0.1, 0.15) is 84.0 Å². The fraction of sp³-hybridized carbons (Fsp3) is 0.812. The molecule has 1 heteroatoms. The van der Waals surface area contributed by atoms with Crippen LogP contribution in [0, 0.1) is 0 Å². The molecule has 1 nitrogen and oxygen atoms in total. The standard InChI is InChI=1S/C16H30O/c1-2-3-4-5-6-7-8-9-10-11-12-13-14-15-16-17/h7-8,16H,2-6,9-15H2,1H3/b8-7+. The lowest BCUT2D eigenvalue weighted by atomic mass is 10.1. The van der Waals surface area contributed by atoms with Crippen LogP contribution in [-0.4, -0.2) is 6.29 Å². The molecule has 100 valence electrons. The Morgan fingerprint density at radius 2 is 1.12 bits per heavy atom. The molecule has 0 spiro atoms. The Bertz CT molecular complexity index is 172. The number of carbonyl (C=O) groups excluding carboxylic acids is 1. The monoisotopic (exact) mass is 238 g/mol. The molecule has 0 heterocycles. The molecule has 0 aromatic carbocycles. The van der Waals surface area contributed by atoms with Crippen LogP contribution >= 0.6 is 0 Å². The van der Waals surface area contributed by atoms with Crippen LogP contribution in [0.15, 0.2) is 12.2 Å². The molecule has 0 aliphatic carbocycles. The third-order valence-electron chi connectivity index (χ3n) is 3.08. The van der Waals surface area contributed by atoms with E-state index in [1.165, 1.54) is 64.2 Å². The zero-order chi connectivity index (χ0) is 12.6. The van der Waals surface area contributed by atoms with E-state index in [4.69, 9.17) is 0 Å². The number of unbranched alkanes of at least 4 members (excludes halogenated alkanes) is 10. The number of hydrogen-bond acceptors (Lipinski definition) is 1. The van der Waals surface area contributed by atoms with Crippen LogP contribution < -0.4 is 0 Å². The molecule has 0 amide bonds. The van der Waals surface area contributed by atoms with Gasteiger partial charge >= 0.3 is 0 Å². The van der Waals surface area contributed by atoms with Gasteiger partial charge in [-0.05, 0) is 32.1 Å². The molecule has 0 rings (SSSR count). The van der Waals surface area contributed by atoms with Gasteiger partial charge in [0.15, 0.2) is 0 Å². The lowest BCUT2D eigenvalue weighted by molar-refractivity contribution is -0.107. The summed E-state index contributed by atoms with van der Waals surface area (Å²) in [6, 6.07) is 0. The molecule has 0 unspecified atom stereocenters. The molecule has 0 aromatic rings. The second kappa shape index (κ2) is 15.4. The second-order valence-electron chi connectivity index (χ2n) is 4.83. The molecular weight excluding hydrogens is 208 g/mol. The van der Waals surface area contributed by atoms with Crippen LogP contribution in [0.25, 0.3) is 0 Å². The molecule has 0 radical (unpaired) electrons. The molecule has 0 N–H and O–H groups in total. The molecule has 17 heavy (non-hydrogen) atoms. The van der Waals surface area contributed by atoms with E-state index in [9.17, 15) is 4.79 Å². The first-order valence-corrected chi connectivity index (χ1v) is 7.50. The van der Waals surface area contributed by atoms with E-state index in [0.717, 1.165) is 19.1 Å². The molecule has 0 aliphatic heterocycles. The van der Waals surface area contributed by atoms with Crippen molar-refractivity contribution in [3.8, 4) is 0 Å². The summed E-state index contributed by atoms with van der Waals surface area (Å²) in [4.78, 5) is 10.1. The highest BCUT2D eigenvalue weighted by molar-refractivity contribution is 5.48. The highest BCUT2D eigenvalue weighted by Crippen LogP contribution is 2.08. The Kier molecular flexibility index (Phi) is 14.9. The summed E-state index contributed by atoms with van der Waals surface area (Å²) in [5, 5.41) is 0. The highest BCUT2D eigenvalue weighted by atomic mass is 16.1. The van der Waals surface area contributed by atoms with Gasteiger partial charge in [-0.25, -0.2) is 0 Å². The first-order valence-electron chi connectivity index (χ1n) is 7.50. The number of allylic oxidation sites excluding steroid dienone is 2. The van der Waals surface area contributed by atoms with Crippen LogP contribution in [0.5, 0.6) is 0 Å². The Labute approximate surface area is 108 Å². The SMILES string of the molecule is CCCCCC/C=C/CCCCCCCC=O. The maximum atomic E-state index is 10.1. The molecule has 0 saturated carbocycles. The van der Waals surface area contributed by atoms with Gasteiger partial charge in [0.1, 0.15) is 6.29 Å². The van der Waals surface area contributed by atoms with Crippen molar-refractivity contribution >= 4 is 6.29 Å². The van der Waals surface area contributed by atoms with E-state index in [0.29, 0.717) is 0 Å². The van der Waals surface area contributed by atoms with Gasteiger partial charge in [0.2, 0.25) is 0 Å². The first kappa shape index (κ1) is 16.4. The van der Waals surface area contributed by atoms with E-state index >= 15 is 0 Å². The first-order chi connectivity index (χ1) is 8.41.